The van der Waals surface area contributed by atoms with Gasteiger partial charge in [-0.15, -0.1) is 21.5 Å². The SMILES string of the molecule is c1nnc(Sc2ccc(C3CCCN3)s2)s1. The number of hydrogen-bond donors (Lipinski definition) is 1. The maximum atomic E-state index is 4.04. The minimum Gasteiger partial charge on any atom is -0.309 e. The summed E-state index contributed by atoms with van der Waals surface area (Å²) in [4.78, 5) is 1.45. The van der Waals surface area contributed by atoms with Crippen molar-refractivity contribution in [3.05, 3.63) is 22.5 Å². The molecule has 0 saturated carbocycles. The smallest absolute Gasteiger partial charge is 0.179 e. The molecule has 3 nitrogen and oxygen atoms in total. The van der Waals surface area contributed by atoms with Crippen molar-refractivity contribution in [2.24, 2.45) is 0 Å². The highest BCUT2D eigenvalue weighted by molar-refractivity contribution is 8.02. The van der Waals surface area contributed by atoms with Crippen LogP contribution in [-0.4, -0.2) is 16.7 Å². The second kappa shape index (κ2) is 4.83. The molecule has 1 aliphatic heterocycles. The van der Waals surface area contributed by atoms with E-state index in [-0.39, 0.29) is 0 Å². The molecule has 6 heteroatoms. The van der Waals surface area contributed by atoms with E-state index in [2.05, 4.69) is 27.6 Å². The Morgan fingerprint density at radius 2 is 2.44 bits per heavy atom. The largest absolute Gasteiger partial charge is 0.309 e. The van der Waals surface area contributed by atoms with Crippen LogP contribution in [0, 0.1) is 0 Å². The monoisotopic (exact) mass is 269 g/mol. The molecule has 1 atom stereocenters. The van der Waals surface area contributed by atoms with Gasteiger partial charge in [0, 0.05) is 10.9 Å². The van der Waals surface area contributed by atoms with E-state index < -0.39 is 0 Å². The maximum Gasteiger partial charge on any atom is 0.179 e. The van der Waals surface area contributed by atoms with Gasteiger partial charge >= 0.3 is 0 Å². The third-order valence-electron chi connectivity index (χ3n) is 2.53. The predicted octanol–water partition coefficient (Wildman–Crippen LogP) is 3.18. The Bertz CT molecular complexity index is 446. The molecular formula is C10H11N3S3. The van der Waals surface area contributed by atoms with Gasteiger partial charge in [0.15, 0.2) is 4.34 Å². The Hall–Kier alpha value is -0.430. The minimum absolute atomic E-state index is 0.578. The minimum atomic E-state index is 0.578. The molecule has 0 aromatic carbocycles. The quantitative estimate of drug-likeness (QED) is 0.928. The van der Waals surface area contributed by atoms with Crippen molar-refractivity contribution in [2.45, 2.75) is 27.4 Å². The number of thiophene rings is 1. The molecule has 0 radical (unpaired) electrons. The van der Waals surface area contributed by atoms with Gasteiger partial charge in [-0.1, -0.05) is 11.3 Å². The lowest BCUT2D eigenvalue weighted by Gasteiger charge is -2.05. The zero-order chi connectivity index (χ0) is 10.8. The summed E-state index contributed by atoms with van der Waals surface area (Å²) < 4.78 is 2.33. The fraction of sp³-hybridized carbons (Fsp3) is 0.400. The van der Waals surface area contributed by atoms with Crippen LogP contribution in [0.4, 0.5) is 0 Å². The Morgan fingerprint density at radius 3 is 3.19 bits per heavy atom. The van der Waals surface area contributed by atoms with Gasteiger partial charge in [0.2, 0.25) is 0 Å². The van der Waals surface area contributed by atoms with Crippen molar-refractivity contribution < 1.29 is 0 Å². The highest BCUT2D eigenvalue weighted by Crippen LogP contribution is 2.37. The van der Waals surface area contributed by atoms with Crippen molar-refractivity contribution in [2.75, 3.05) is 6.54 Å². The average molecular weight is 269 g/mol. The fourth-order valence-corrected chi connectivity index (χ4v) is 4.76. The average Bonchev–Trinajstić information content (AvgIpc) is 2.99. The van der Waals surface area contributed by atoms with Gasteiger partial charge in [-0.2, -0.15) is 0 Å². The van der Waals surface area contributed by atoms with Gasteiger partial charge in [-0.25, -0.2) is 0 Å². The second-order valence-electron chi connectivity index (χ2n) is 3.61. The van der Waals surface area contributed by atoms with Crippen LogP contribution in [-0.2, 0) is 0 Å². The normalized spacial score (nSPS) is 20.4. The van der Waals surface area contributed by atoms with Crippen molar-refractivity contribution in [1.29, 1.82) is 0 Å². The van der Waals surface area contributed by atoms with Gasteiger partial charge in [-0.3, -0.25) is 0 Å². The lowest BCUT2D eigenvalue weighted by Crippen LogP contribution is -2.11. The Labute approximate surface area is 106 Å². The second-order valence-corrected chi connectivity index (χ2v) is 7.11. The van der Waals surface area contributed by atoms with Gasteiger partial charge in [0.1, 0.15) is 5.51 Å². The van der Waals surface area contributed by atoms with E-state index in [4.69, 9.17) is 0 Å². The summed E-state index contributed by atoms with van der Waals surface area (Å²) in [5.74, 6) is 0. The number of nitrogens with one attached hydrogen (secondary N) is 1. The molecule has 84 valence electrons. The molecular weight excluding hydrogens is 258 g/mol. The molecule has 16 heavy (non-hydrogen) atoms. The van der Waals surface area contributed by atoms with E-state index in [0.29, 0.717) is 6.04 Å². The van der Waals surface area contributed by atoms with E-state index in [1.54, 1.807) is 28.6 Å². The van der Waals surface area contributed by atoms with Crippen molar-refractivity contribution in [1.82, 2.24) is 15.5 Å². The number of rotatable bonds is 3. The van der Waals surface area contributed by atoms with Crippen LogP contribution in [0.3, 0.4) is 0 Å². The van der Waals surface area contributed by atoms with E-state index in [1.165, 1.54) is 21.9 Å². The maximum absolute atomic E-state index is 4.04. The molecule has 1 unspecified atom stereocenters. The molecule has 3 rings (SSSR count). The Morgan fingerprint density at radius 1 is 1.44 bits per heavy atom. The van der Waals surface area contributed by atoms with E-state index in [9.17, 15) is 0 Å². The van der Waals surface area contributed by atoms with E-state index >= 15 is 0 Å². The van der Waals surface area contributed by atoms with Crippen LogP contribution in [0.2, 0.25) is 0 Å². The summed E-state index contributed by atoms with van der Waals surface area (Å²) in [5.41, 5.74) is 1.77. The van der Waals surface area contributed by atoms with Crippen LogP contribution in [0.5, 0.6) is 0 Å². The van der Waals surface area contributed by atoms with Crippen LogP contribution >= 0.6 is 34.4 Å². The van der Waals surface area contributed by atoms with E-state index in [0.717, 1.165) is 10.9 Å². The molecule has 2 aromatic rings. The molecule has 1 fully saturated rings. The molecule has 0 aliphatic carbocycles. The lowest BCUT2D eigenvalue weighted by atomic mass is 10.2. The van der Waals surface area contributed by atoms with Gasteiger partial charge in [0.05, 0.1) is 4.21 Å². The highest BCUT2D eigenvalue weighted by Gasteiger charge is 2.18. The first-order valence-corrected chi connectivity index (χ1v) is 7.70. The molecule has 3 heterocycles. The van der Waals surface area contributed by atoms with Crippen LogP contribution in [0.15, 0.2) is 26.2 Å². The van der Waals surface area contributed by atoms with Gasteiger partial charge in [-0.05, 0) is 43.3 Å². The topological polar surface area (TPSA) is 37.8 Å². The third kappa shape index (κ3) is 2.29. The predicted molar refractivity (Wildman–Crippen MR) is 68.3 cm³/mol. The molecule has 1 aliphatic rings. The Balaban J connectivity index is 1.72. The lowest BCUT2D eigenvalue weighted by molar-refractivity contribution is 0.660. The first kappa shape index (κ1) is 10.7. The summed E-state index contributed by atoms with van der Waals surface area (Å²) in [7, 11) is 0. The first-order chi connectivity index (χ1) is 7.92. The first-order valence-electron chi connectivity index (χ1n) is 5.19. The zero-order valence-electron chi connectivity index (χ0n) is 8.55. The zero-order valence-corrected chi connectivity index (χ0v) is 11.0. The van der Waals surface area contributed by atoms with Crippen molar-refractivity contribution in [3.8, 4) is 0 Å². The molecule has 2 aromatic heterocycles. The van der Waals surface area contributed by atoms with Gasteiger partial charge in [0.25, 0.3) is 0 Å². The molecule has 0 bridgehead atoms. The summed E-state index contributed by atoms with van der Waals surface area (Å²) in [6, 6.07) is 5.00. The van der Waals surface area contributed by atoms with Crippen LogP contribution in [0.1, 0.15) is 23.8 Å². The van der Waals surface area contributed by atoms with Crippen molar-refractivity contribution in [3.63, 3.8) is 0 Å². The summed E-state index contributed by atoms with van der Waals surface area (Å²) in [6.45, 7) is 1.15. The molecule has 1 saturated heterocycles. The summed E-state index contributed by atoms with van der Waals surface area (Å²) in [6.07, 6.45) is 2.56. The number of aromatic nitrogens is 2. The Kier molecular flexibility index (Phi) is 3.23. The third-order valence-corrected chi connectivity index (χ3v) is 5.64. The molecule has 0 amide bonds. The number of hydrogen-bond acceptors (Lipinski definition) is 6. The summed E-state index contributed by atoms with van der Waals surface area (Å²) >= 11 is 5.17. The fourth-order valence-electron chi connectivity index (χ4n) is 1.80. The molecule has 0 spiro atoms. The highest BCUT2D eigenvalue weighted by atomic mass is 32.2. The number of nitrogens with zero attached hydrogens (tertiary/aromatic N) is 2. The summed E-state index contributed by atoms with van der Waals surface area (Å²) in [5, 5.41) is 11.4. The standard InChI is InChI=1S/C10H11N3S3/c1-2-7(11-5-1)8-3-4-9(15-8)16-10-13-12-6-14-10/h3-4,6-7,11H,1-2,5H2. The van der Waals surface area contributed by atoms with Crippen molar-refractivity contribution >= 4 is 34.4 Å². The molecule has 1 N–H and O–H groups in total. The van der Waals surface area contributed by atoms with E-state index in [1.807, 2.05) is 11.3 Å². The van der Waals surface area contributed by atoms with Crippen LogP contribution < -0.4 is 5.32 Å². The van der Waals surface area contributed by atoms with Gasteiger partial charge < -0.3 is 5.32 Å². The van der Waals surface area contributed by atoms with Crippen LogP contribution in [0.25, 0.3) is 0 Å².